The fourth-order valence-corrected chi connectivity index (χ4v) is 3.29. The summed E-state index contributed by atoms with van der Waals surface area (Å²) in [5, 5.41) is 6.62. The molecular weight excluding hydrogens is 400 g/mol. The van der Waals surface area contributed by atoms with Gasteiger partial charge in [0.1, 0.15) is 11.5 Å². The first-order chi connectivity index (χ1) is 15.1. The van der Waals surface area contributed by atoms with E-state index in [4.69, 9.17) is 14.0 Å². The number of anilines is 1. The highest BCUT2D eigenvalue weighted by atomic mass is 16.5. The molecule has 31 heavy (non-hydrogen) atoms. The summed E-state index contributed by atoms with van der Waals surface area (Å²) in [5.74, 6) is 1.31. The third-order valence-electron chi connectivity index (χ3n) is 4.92. The summed E-state index contributed by atoms with van der Waals surface area (Å²) in [5.41, 5.74) is 0.793. The zero-order valence-corrected chi connectivity index (χ0v) is 17.0. The Kier molecular flexibility index (Phi) is 6.11. The number of carbonyl (C=O) groups is 2. The average Bonchev–Trinajstić information content (AvgIpc) is 3.43. The van der Waals surface area contributed by atoms with Gasteiger partial charge in [0.2, 0.25) is 23.5 Å². The number of nitrogens with zero attached hydrogens (tertiary/aromatic N) is 3. The van der Waals surface area contributed by atoms with Crippen molar-refractivity contribution in [1.82, 2.24) is 15.5 Å². The Balaban J connectivity index is 1.25. The number of hydrogen-bond acceptors (Lipinski definition) is 7. The molecule has 2 aromatic carbocycles. The highest BCUT2D eigenvalue weighted by Gasteiger charge is 2.35. The van der Waals surface area contributed by atoms with Crippen molar-refractivity contribution in [3.05, 3.63) is 66.3 Å². The lowest BCUT2D eigenvalue weighted by Gasteiger charge is -2.16. The highest BCUT2D eigenvalue weighted by Crippen LogP contribution is 2.25. The van der Waals surface area contributed by atoms with E-state index in [0.717, 1.165) is 11.4 Å². The molecule has 1 saturated heterocycles. The molecule has 9 nitrogen and oxygen atoms in total. The molecule has 1 aromatic heterocycles. The van der Waals surface area contributed by atoms with Crippen LogP contribution in [0, 0.1) is 5.92 Å². The van der Waals surface area contributed by atoms with Gasteiger partial charge in [0, 0.05) is 18.7 Å². The molecule has 4 rings (SSSR count). The van der Waals surface area contributed by atoms with Crippen LogP contribution in [0.25, 0.3) is 0 Å². The molecule has 1 aliphatic rings. The van der Waals surface area contributed by atoms with E-state index in [0.29, 0.717) is 18.1 Å². The lowest BCUT2D eigenvalue weighted by molar-refractivity contribution is -0.126. The molecule has 9 heteroatoms. The van der Waals surface area contributed by atoms with Crippen molar-refractivity contribution in [2.75, 3.05) is 18.6 Å². The molecule has 1 N–H and O–H groups in total. The van der Waals surface area contributed by atoms with Crippen molar-refractivity contribution in [2.45, 2.75) is 19.6 Å². The van der Waals surface area contributed by atoms with Crippen LogP contribution in [0.1, 0.15) is 18.1 Å². The second-order valence-electron chi connectivity index (χ2n) is 7.03. The van der Waals surface area contributed by atoms with Crippen LogP contribution < -0.4 is 19.7 Å². The minimum Gasteiger partial charge on any atom is -0.497 e. The van der Waals surface area contributed by atoms with Crippen LogP contribution in [0.2, 0.25) is 0 Å². The lowest BCUT2D eigenvalue weighted by atomic mass is 10.1. The van der Waals surface area contributed by atoms with E-state index in [1.807, 2.05) is 30.3 Å². The maximum atomic E-state index is 12.5. The van der Waals surface area contributed by atoms with Gasteiger partial charge in [-0.1, -0.05) is 23.4 Å². The molecule has 1 atom stereocenters. The van der Waals surface area contributed by atoms with Crippen LogP contribution in [0.5, 0.6) is 11.5 Å². The fourth-order valence-electron chi connectivity index (χ4n) is 3.29. The summed E-state index contributed by atoms with van der Waals surface area (Å²) in [4.78, 5) is 30.6. The number of hydrogen-bond donors (Lipinski definition) is 1. The summed E-state index contributed by atoms with van der Waals surface area (Å²) >= 11 is 0. The molecule has 1 fully saturated rings. The summed E-state index contributed by atoms with van der Waals surface area (Å²) < 4.78 is 15.9. The Morgan fingerprint density at radius 3 is 2.65 bits per heavy atom. The van der Waals surface area contributed by atoms with E-state index in [1.165, 1.54) is 0 Å². The molecule has 0 aliphatic carbocycles. The van der Waals surface area contributed by atoms with Crippen LogP contribution in [0.15, 0.2) is 59.1 Å². The van der Waals surface area contributed by atoms with Crippen molar-refractivity contribution in [3.63, 3.8) is 0 Å². The fraction of sp³-hybridized carbons (Fsp3) is 0.273. The van der Waals surface area contributed by atoms with Crippen LogP contribution >= 0.6 is 0 Å². The number of para-hydroxylation sites is 1. The van der Waals surface area contributed by atoms with Crippen molar-refractivity contribution in [2.24, 2.45) is 5.92 Å². The van der Waals surface area contributed by atoms with Gasteiger partial charge in [-0.15, -0.1) is 0 Å². The summed E-state index contributed by atoms with van der Waals surface area (Å²) in [7, 11) is 1.60. The molecule has 0 radical (unpaired) electrons. The van der Waals surface area contributed by atoms with Gasteiger partial charge in [-0.3, -0.25) is 9.59 Å². The second kappa shape index (κ2) is 9.29. The Morgan fingerprint density at radius 1 is 1.16 bits per heavy atom. The predicted octanol–water partition coefficient (Wildman–Crippen LogP) is 2.33. The van der Waals surface area contributed by atoms with Gasteiger partial charge in [0.15, 0.2) is 6.61 Å². The van der Waals surface area contributed by atoms with Crippen LogP contribution in [-0.2, 0) is 22.7 Å². The molecule has 0 unspecified atom stereocenters. The maximum absolute atomic E-state index is 12.5. The Hall–Kier alpha value is -3.88. The van der Waals surface area contributed by atoms with Crippen LogP contribution in [0.4, 0.5) is 5.69 Å². The van der Waals surface area contributed by atoms with Gasteiger partial charge >= 0.3 is 0 Å². The molecule has 3 aromatic rings. The largest absolute Gasteiger partial charge is 0.497 e. The van der Waals surface area contributed by atoms with Gasteiger partial charge in [-0.05, 0) is 36.4 Å². The van der Waals surface area contributed by atoms with E-state index >= 15 is 0 Å². The summed E-state index contributed by atoms with van der Waals surface area (Å²) in [6.07, 6.45) is 0.172. The first-order valence-corrected chi connectivity index (χ1v) is 9.84. The molecule has 2 amide bonds. The van der Waals surface area contributed by atoms with Crippen LogP contribution in [-0.4, -0.2) is 35.6 Å². The van der Waals surface area contributed by atoms with E-state index in [9.17, 15) is 9.59 Å². The number of ether oxygens (including phenoxy) is 2. The number of aromatic nitrogens is 2. The smallest absolute Gasteiger partial charge is 0.246 e. The first kappa shape index (κ1) is 20.4. The van der Waals surface area contributed by atoms with E-state index in [-0.39, 0.29) is 37.3 Å². The number of benzene rings is 2. The van der Waals surface area contributed by atoms with E-state index in [1.54, 1.807) is 36.3 Å². The highest BCUT2D eigenvalue weighted by molar-refractivity contribution is 6.00. The summed E-state index contributed by atoms with van der Waals surface area (Å²) in [6.45, 7) is 0.566. The molecule has 0 saturated carbocycles. The maximum Gasteiger partial charge on any atom is 0.246 e. The minimum absolute atomic E-state index is 0.0675. The van der Waals surface area contributed by atoms with E-state index < -0.39 is 5.92 Å². The van der Waals surface area contributed by atoms with Gasteiger partial charge in [-0.2, -0.15) is 4.98 Å². The van der Waals surface area contributed by atoms with Crippen molar-refractivity contribution >= 4 is 17.5 Å². The normalized spacial score (nSPS) is 15.7. The van der Waals surface area contributed by atoms with Gasteiger partial charge in [-0.25, -0.2) is 0 Å². The Labute approximate surface area is 179 Å². The standard InChI is InChI=1S/C22H22N4O5/c1-29-17-7-9-18(10-8-17)30-14-19-24-20(31-25-19)12-23-22(28)15-11-21(27)26(13-15)16-5-3-2-4-6-16/h2-10,15H,11-14H2,1H3,(H,23,28)/t15-/m0/s1. The number of methoxy groups -OCH3 is 1. The monoisotopic (exact) mass is 422 g/mol. The molecule has 0 spiro atoms. The average molecular weight is 422 g/mol. The number of amides is 2. The molecule has 160 valence electrons. The zero-order valence-electron chi connectivity index (χ0n) is 17.0. The van der Waals surface area contributed by atoms with Gasteiger partial charge in [0.05, 0.1) is 19.6 Å². The second-order valence-corrected chi connectivity index (χ2v) is 7.03. The van der Waals surface area contributed by atoms with Gasteiger partial charge in [0.25, 0.3) is 0 Å². The number of nitrogens with one attached hydrogen (secondary N) is 1. The van der Waals surface area contributed by atoms with E-state index in [2.05, 4.69) is 15.5 Å². The van der Waals surface area contributed by atoms with Crippen LogP contribution in [0.3, 0.4) is 0 Å². The quantitative estimate of drug-likeness (QED) is 0.594. The lowest BCUT2D eigenvalue weighted by Crippen LogP contribution is -2.32. The summed E-state index contributed by atoms with van der Waals surface area (Å²) in [6, 6.07) is 16.5. The predicted molar refractivity (Wildman–Crippen MR) is 110 cm³/mol. The Morgan fingerprint density at radius 2 is 1.90 bits per heavy atom. The zero-order chi connectivity index (χ0) is 21.6. The number of rotatable bonds is 8. The van der Waals surface area contributed by atoms with Crippen molar-refractivity contribution in [1.29, 1.82) is 0 Å². The SMILES string of the molecule is COc1ccc(OCc2noc(CNC(=O)[C@H]3CC(=O)N(c4ccccc4)C3)n2)cc1. The molecule has 2 heterocycles. The number of carbonyl (C=O) groups excluding carboxylic acids is 2. The van der Waals surface area contributed by atoms with Crippen molar-refractivity contribution in [3.8, 4) is 11.5 Å². The molecular formula is C22H22N4O5. The van der Waals surface area contributed by atoms with Gasteiger partial charge < -0.3 is 24.2 Å². The third-order valence-corrected chi connectivity index (χ3v) is 4.92. The Bertz CT molecular complexity index is 1040. The first-order valence-electron chi connectivity index (χ1n) is 9.84. The molecule has 0 bridgehead atoms. The third kappa shape index (κ3) is 5.00. The molecule has 1 aliphatic heterocycles. The minimum atomic E-state index is -0.423. The topological polar surface area (TPSA) is 107 Å². The van der Waals surface area contributed by atoms with Crippen molar-refractivity contribution < 1.29 is 23.6 Å².